The number of para-hydroxylation sites is 1. The highest BCUT2D eigenvalue weighted by molar-refractivity contribution is 7.71. The molecular formula is C16H11ClN4OS. The fourth-order valence-electron chi connectivity index (χ4n) is 2.36. The summed E-state index contributed by atoms with van der Waals surface area (Å²) >= 11 is 11.2. The summed E-state index contributed by atoms with van der Waals surface area (Å²) in [4.78, 5) is 8.98. The number of hydrogen-bond acceptors (Lipinski definition) is 4. The molecule has 4 rings (SSSR count). The van der Waals surface area contributed by atoms with Crippen LogP contribution in [0.1, 0.15) is 5.82 Å². The van der Waals surface area contributed by atoms with Gasteiger partial charge in [-0.2, -0.15) is 0 Å². The number of fused-ring (bicyclic) bond motifs is 3. The van der Waals surface area contributed by atoms with E-state index in [0.717, 1.165) is 22.3 Å². The largest absolute Gasteiger partial charge is 0.486 e. The Kier molecular flexibility index (Phi) is 3.48. The van der Waals surface area contributed by atoms with Crippen LogP contribution in [-0.2, 0) is 6.61 Å². The van der Waals surface area contributed by atoms with Crippen LogP contribution in [-0.4, -0.2) is 19.6 Å². The first-order chi connectivity index (χ1) is 11.2. The minimum absolute atomic E-state index is 0.298. The molecule has 0 aliphatic heterocycles. The highest BCUT2D eigenvalue weighted by Crippen LogP contribution is 2.19. The topological polar surface area (TPSA) is 55.2 Å². The molecule has 0 amide bonds. The summed E-state index contributed by atoms with van der Waals surface area (Å²) < 4.78 is 7.84. The smallest absolute Gasteiger partial charge is 0.221 e. The van der Waals surface area contributed by atoms with Crippen LogP contribution in [0, 0.1) is 4.77 Å². The fraction of sp³-hybridized carbons (Fsp3) is 0.0625. The molecule has 2 aromatic heterocycles. The maximum Gasteiger partial charge on any atom is 0.221 e. The number of hydrogen-bond donors (Lipinski definition) is 1. The van der Waals surface area contributed by atoms with Gasteiger partial charge < -0.3 is 4.74 Å². The van der Waals surface area contributed by atoms with Crippen molar-refractivity contribution in [1.82, 2.24) is 19.6 Å². The number of nitrogens with one attached hydrogen (secondary N) is 1. The molecule has 0 spiro atoms. The summed E-state index contributed by atoms with van der Waals surface area (Å²) in [5.74, 6) is 1.39. The van der Waals surface area contributed by atoms with E-state index in [2.05, 4.69) is 15.1 Å². The molecule has 2 aromatic carbocycles. The molecule has 7 heteroatoms. The van der Waals surface area contributed by atoms with Gasteiger partial charge in [0.15, 0.2) is 11.5 Å². The molecule has 0 bridgehead atoms. The van der Waals surface area contributed by atoms with Crippen molar-refractivity contribution >= 4 is 40.4 Å². The van der Waals surface area contributed by atoms with Gasteiger partial charge in [0.1, 0.15) is 12.4 Å². The van der Waals surface area contributed by atoms with Crippen molar-refractivity contribution in [3.05, 3.63) is 64.1 Å². The minimum atomic E-state index is 0.298. The van der Waals surface area contributed by atoms with Gasteiger partial charge in [-0.05, 0) is 48.6 Å². The van der Waals surface area contributed by atoms with Crippen molar-refractivity contribution in [3.63, 3.8) is 0 Å². The van der Waals surface area contributed by atoms with E-state index in [-0.39, 0.29) is 0 Å². The van der Waals surface area contributed by atoms with Crippen molar-refractivity contribution < 1.29 is 4.74 Å². The summed E-state index contributed by atoms with van der Waals surface area (Å²) in [6.45, 7) is 0.298. The van der Waals surface area contributed by atoms with Gasteiger partial charge in [0.25, 0.3) is 0 Å². The monoisotopic (exact) mass is 342 g/mol. The quantitative estimate of drug-likeness (QED) is 0.568. The highest BCUT2D eigenvalue weighted by Gasteiger charge is 2.09. The van der Waals surface area contributed by atoms with Gasteiger partial charge in [0.2, 0.25) is 4.77 Å². The molecule has 0 saturated heterocycles. The predicted molar refractivity (Wildman–Crippen MR) is 91.5 cm³/mol. The predicted octanol–water partition coefficient (Wildman–Crippen LogP) is 4.17. The van der Waals surface area contributed by atoms with Gasteiger partial charge in [0, 0.05) is 10.4 Å². The summed E-state index contributed by atoms with van der Waals surface area (Å²) in [7, 11) is 0. The van der Waals surface area contributed by atoms with E-state index in [4.69, 9.17) is 28.6 Å². The van der Waals surface area contributed by atoms with E-state index in [0.29, 0.717) is 22.2 Å². The summed E-state index contributed by atoms with van der Waals surface area (Å²) in [5.41, 5.74) is 1.57. The normalized spacial score (nSPS) is 11.2. The zero-order valence-corrected chi connectivity index (χ0v) is 13.4. The third-order valence-electron chi connectivity index (χ3n) is 3.44. The molecule has 0 fully saturated rings. The van der Waals surface area contributed by atoms with Crippen LogP contribution in [0.3, 0.4) is 0 Å². The first-order valence-corrected chi connectivity index (χ1v) is 7.74. The molecule has 1 N–H and O–H groups in total. The zero-order valence-electron chi connectivity index (χ0n) is 11.9. The van der Waals surface area contributed by atoms with E-state index in [1.807, 2.05) is 36.4 Å². The number of aromatic nitrogens is 4. The molecule has 5 nitrogen and oxygen atoms in total. The number of rotatable bonds is 3. The average molecular weight is 343 g/mol. The second-order valence-electron chi connectivity index (χ2n) is 4.98. The molecule has 0 radical (unpaired) electrons. The molecule has 23 heavy (non-hydrogen) atoms. The highest BCUT2D eigenvalue weighted by atomic mass is 35.5. The lowest BCUT2D eigenvalue weighted by atomic mass is 10.2. The first-order valence-electron chi connectivity index (χ1n) is 6.95. The Bertz CT molecular complexity index is 1060. The molecule has 0 aliphatic carbocycles. The van der Waals surface area contributed by atoms with Crippen molar-refractivity contribution in [2.45, 2.75) is 6.61 Å². The van der Waals surface area contributed by atoms with Crippen LogP contribution >= 0.6 is 23.8 Å². The number of ether oxygens (including phenoxy) is 1. The summed E-state index contributed by atoms with van der Waals surface area (Å²) in [5, 5.41) is 4.74. The minimum Gasteiger partial charge on any atom is -0.486 e. The van der Waals surface area contributed by atoms with E-state index < -0.39 is 0 Å². The van der Waals surface area contributed by atoms with Crippen LogP contribution in [0.4, 0.5) is 0 Å². The standard InChI is InChI=1S/C16H11ClN4OS/c17-10-5-7-11(8-6-10)22-9-14-19-15-12-3-1-2-4-13(12)18-16(23)21(15)20-14/h1-8H,9H2,(H,19,20). The molecule has 0 atom stereocenters. The van der Waals surface area contributed by atoms with E-state index in [9.17, 15) is 0 Å². The number of benzene rings is 2. The molecule has 0 unspecified atom stereocenters. The Morgan fingerprint density at radius 1 is 1.09 bits per heavy atom. The molecule has 0 saturated carbocycles. The first kappa shape index (κ1) is 14.2. The van der Waals surface area contributed by atoms with Gasteiger partial charge in [-0.3, -0.25) is 5.10 Å². The van der Waals surface area contributed by atoms with Crippen LogP contribution in [0.2, 0.25) is 5.02 Å². The van der Waals surface area contributed by atoms with Crippen LogP contribution in [0.5, 0.6) is 5.75 Å². The van der Waals surface area contributed by atoms with Gasteiger partial charge in [0.05, 0.1) is 5.52 Å². The lowest BCUT2D eigenvalue weighted by molar-refractivity contribution is 0.296. The Balaban J connectivity index is 1.71. The van der Waals surface area contributed by atoms with Crippen LogP contribution < -0.4 is 4.74 Å². The maximum absolute atomic E-state index is 5.86. The van der Waals surface area contributed by atoms with E-state index in [1.165, 1.54) is 0 Å². The second kappa shape index (κ2) is 5.64. The molecule has 2 heterocycles. The summed E-state index contributed by atoms with van der Waals surface area (Å²) in [6, 6.07) is 15.0. The third kappa shape index (κ3) is 2.67. The van der Waals surface area contributed by atoms with E-state index in [1.54, 1.807) is 16.6 Å². The number of aromatic amines is 1. The Labute approximate surface area is 141 Å². The number of H-pyrrole nitrogens is 1. The SMILES string of the molecule is S=c1nc2ccccc2c2nc(COc3ccc(Cl)cc3)[nH]n12. The zero-order chi connectivity index (χ0) is 15.8. The lowest BCUT2D eigenvalue weighted by Crippen LogP contribution is -1.98. The van der Waals surface area contributed by atoms with Crippen molar-refractivity contribution in [2.24, 2.45) is 0 Å². The summed E-state index contributed by atoms with van der Waals surface area (Å²) in [6.07, 6.45) is 0. The lowest BCUT2D eigenvalue weighted by Gasteiger charge is -2.03. The van der Waals surface area contributed by atoms with Gasteiger partial charge in [-0.25, -0.2) is 14.5 Å². The molecular weight excluding hydrogens is 332 g/mol. The maximum atomic E-state index is 5.86. The Morgan fingerprint density at radius 2 is 1.87 bits per heavy atom. The number of halogens is 1. The van der Waals surface area contributed by atoms with Gasteiger partial charge in [-0.15, -0.1) is 0 Å². The van der Waals surface area contributed by atoms with Crippen molar-refractivity contribution in [1.29, 1.82) is 0 Å². The average Bonchev–Trinajstić information content (AvgIpc) is 3.00. The molecule has 114 valence electrons. The van der Waals surface area contributed by atoms with Gasteiger partial charge >= 0.3 is 0 Å². The molecule has 4 aromatic rings. The van der Waals surface area contributed by atoms with Crippen molar-refractivity contribution in [2.75, 3.05) is 0 Å². The second-order valence-corrected chi connectivity index (χ2v) is 5.79. The third-order valence-corrected chi connectivity index (χ3v) is 3.96. The van der Waals surface area contributed by atoms with Crippen LogP contribution in [0.15, 0.2) is 48.5 Å². The number of nitrogens with zero attached hydrogens (tertiary/aromatic N) is 3. The van der Waals surface area contributed by atoms with E-state index >= 15 is 0 Å². The Morgan fingerprint density at radius 3 is 2.70 bits per heavy atom. The van der Waals surface area contributed by atoms with Gasteiger partial charge in [-0.1, -0.05) is 23.7 Å². The van der Waals surface area contributed by atoms with Crippen LogP contribution in [0.25, 0.3) is 16.6 Å². The Hall–Kier alpha value is -2.44. The van der Waals surface area contributed by atoms with Crippen molar-refractivity contribution in [3.8, 4) is 5.75 Å². The molecule has 0 aliphatic rings. The fourth-order valence-corrected chi connectivity index (χ4v) is 2.72.